The second-order valence-corrected chi connectivity index (χ2v) is 8.62. The maximum atomic E-state index is 12.3. The summed E-state index contributed by atoms with van der Waals surface area (Å²) in [5.41, 5.74) is 0.742. The van der Waals surface area contributed by atoms with Crippen molar-refractivity contribution in [1.82, 2.24) is 10.3 Å². The highest BCUT2D eigenvalue weighted by Crippen LogP contribution is 2.31. The fraction of sp³-hybridized carbons (Fsp3) is 0.0952. The zero-order chi connectivity index (χ0) is 21.8. The lowest BCUT2D eigenvalue weighted by Crippen LogP contribution is -2.19. The zero-order valence-corrected chi connectivity index (χ0v) is 17.6. The lowest BCUT2D eigenvalue weighted by atomic mass is 10.1. The fourth-order valence-corrected chi connectivity index (χ4v) is 4.47. The van der Waals surface area contributed by atoms with E-state index in [0.717, 1.165) is 16.5 Å². The van der Waals surface area contributed by atoms with E-state index in [2.05, 4.69) is 20.6 Å². The van der Waals surface area contributed by atoms with E-state index in [0.29, 0.717) is 20.1 Å². The molecule has 0 spiro atoms. The topological polar surface area (TPSA) is 121 Å². The highest BCUT2D eigenvalue weighted by Gasteiger charge is 2.24. The van der Waals surface area contributed by atoms with Gasteiger partial charge in [-0.05, 0) is 40.7 Å². The molecule has 31 heavy (non-hydrogen) atoms. The molecule has 0 atom stereocenters. The fourth-order valence-electron chi connectivity index (χ4n) is 2.79. The third-order valence-electron chi connectivity index (χ3n) is 4.22. The van der Waals surface area contributed by atoms with E-state index in [1.807, 2.05) is 42.5 Å². The van der Waals surface area contributed by atoms with Crippen molar-refractivity contribution >= 4 is 73.7 Å². The Morgan fingerprint density at radius 1 is 1.16 bits per heavy atom. The van der Waals surface area contributed by atoms with Gasteiger partial charge in [-0.1, -0.05) is 41.7 Å². The molecule has 0 unspecified atom stereocenters. The molecule has 1 fully saturated rings. The van der Waals surface area contributed by atoms with Crippen molar-refractivity contribution in [3.63, 3.8) is 0 Å². The maximum Gasteiger partial charge on any atom is 0.303 e. The van der Waals surface area contributed by atoms with Crippen LogP contribution in [0.15, 0.2) is 58.6 Å². The highest BCUT2D eigenvalue weighted by molar-refractivity contribution is 8.18. The van der Waals surface area contributed by atoms with E-state index in [-0.39, 0.29) is 18.7 Å². The van der Waals surface area contributed by atoms with Crippen molar-refractivity contribution < 1.29 is 19.5 Å². The predicted molar refractivity (Wildman–Crippen MR) is 122 cm³/mol. The number of carboxylic acids is 1. The van der Waals surface area contributed by atoms with Gasteiger partial charge in [0.15, 0.2) is 10.3 Å². The first-order valence-electron chi connectivity index (χ1n) is 9.22. The number of nitrogens with one attached hydrogen (secondary N) is 2. The quantitative estimate of drug-likeness (QED) is 0.486. The number of amidine groups is 1. The Balaban J connectivity index is 1.44. The van der Waals surface area contributed by atoms with Gasteiger partial charge in [-0.3, -0.25) is 14.4 Å². The first-order valence-corrected chi connectivity index (χ1v) is 10.9. The van der Waals surface area contributed by atoms with Crippen LogP contribution in [0.25, 0.3) is 16.8 Å². The number of hydrogen-bond acceptors (Lipinski definition) is 7. The van der Waals surface area contributed by atoms with Crippen LogP contribution in [0.5, 0.6) is 0 Å². The van der Waals surface area contributed by atoms with Crippen molar-refractivity contribution in [2.45, 2.75) is 12.8 Å². The molecule has 3 aromatic rings. The number of anilines is 1. The van der Waals surface area contributed by atoms with Crippen molar-refractivity contribution in [2.24, 2.45) is 4.99 Å². The Kier molecular flexibility index (Phi) is 6.10. The zero-order valence-electron chi connectivity index (χ0n) is 16.0. The number of aromatic nitrogens is 1. The Morgan fingerprint density at radius 2 is 1.97 bits per heavy atom. The molecule has 0 bridgehead atoms. The van der Waals surface area contributed by atoms with Gasteiger partial charge in [0.2, 0.25) is 5.91 Å². The van der Waals surface area contributed by atoms with Crippen molar-refractivity contribution in [3.8, 4) is 0 Å². The van der Waals surface area contributed by atoms with Crippen LogP contribution in [0.4, 0.5) is 10.8 Å². The molecular formula is C21H16N4O4S2. The summed E-state index contributed by atoms with van der Waals surface area (Å²) >= 11 is 2.42. The number of hydrogen-bond donors (Lipinski definition) is 3. The number of benzene rings is 2. The Hall–Kier alpha value is -3.50. The monoisotopic (exact) mass is 452 g/mol. The van der Waals surface area contributed by atoms with Crippen LogP contribution in [0, 0.1) is 0 Å². The minimum atomic E-state index is -1.04. The Morgan fingerprint density at radius 3 is 2.77 bits per heavy atom. The summed E-state index contributed by atoms with van der Waals surface area (Å²) in [6.45, 7) is 0. The second-order valence-electron chi connectivity index (χ2n) is 6.52. The van der Waals surface area contributed by atoms with Gasteiger partial charge in [0.05, 0.1) is 21.9 Å². The summed E-state index contributed by atoms with van der Waals surface area (Å²) in [6.07, 6.45) is 2.84. The third-order valence-corrected chi connectivity index (χ3v) is 5.99. The molecule has 2 amide bonds. The molecule has 0 saturated carbocycles. The van der Waals surface area contributed by atoms with Crippen LogP contribution < -0.4 is 10.6 Å². The standard InChI is InChI=1S/C21H16N4O4S2/c26-17(7-8-18(27)28)24-20-22-11-15(30-20)10-16-19(29)25-21(31-16)23-14-6-5-12-3-1-2-4-13(12)9-14/h1-6,9-11H,7-8H2,(H,27,28)(H,22,24,26)(H,23,25,29). The molecule has 1 saturated heterocycles. The molecule has 10 heteroatoms. The maximum absolute atomic E-state index is 12.3. The molecule has 1 aromatic heterocycles. The van der Waals surface area contributed by atoms with Gasteiger partial charge in [0.1, 0.15) is 0 Å². The van der Waals surface area contributed by atoms with Crippen molar-refractivity contribution in [3.05, 3.63) is 58.4 Å². The van der Waals surface area contributed by atoms with Crippen molar-refractivity contribution in [2.75, 3.05) is 5.32 Å². The summed E-state index contributed by atoms with van der Waals surface area (Å²) in [4.78, 5) is 44.3. The molecule has 2 heterocycles. The first kappa shape index (κ1) is 20.8. The number of thiazole rings is 1. The lowest BCUT2D eigenvalue weighted by molar-refractivity contribution is -0.138. The van der Waals surface area contributed by atoms with E-state index >= 15 is 0 Å². The second kappa shape index (κ2) is 9.11. The number of carbonyl (C=O) groups is 3. The molecule has 1 aliphatic rings. The van der Waals surface area contributed by atoms with Crippen LogP contribution in [-0.4, -0.2) is 33.0 Å². The van der Waals surface area contributed by atoms with E-state index in [4.69, 9.17) is 5.11 Å². The third kappa shape index (κ3) is 5.36. The predicted octanol–water partition coefficient (Wildman–Crippen LogP) is 3.99. The minimum absolute atomic E-state index is 0.127. The van der Waals surface area contributed by atoms with E-state index in [1.54, 1.807) is 6.08 Å². The van der Waals surface area contributed by atoms with Crippen LogP contribution >= 0.6 is 23.1 Å². The molecule has 3 N–H and O–H groups in total. The number of rotatable bonds is 6. The normalized spacial score (nSPS) is 16.1. The number of thioether (sulfide) groups is 1. The molecule has 8 nitrogen and oxygen atoms in total. The highest BCUT2D eigenvalue weighted by atomic mass is 32.2. The number of amides is 2. The molecule has 1 aliphatic heterocycles. The Bertz CT molecular complexity index is 1250. The largest absolute Gasteiger partial charge is 0.481 e. The van der Waals surface area contributed by atoms with Gasteiger partial charge in [-0.25, -0.2) is 9.98 Å². The number of nitrogens with zero attached hydrogens (tertiary/aromatic N) is 2. The smallest absolute Gasteiger partial charge is 0.303 e. The van der Waals surface area contributed by atoms with Gasteiger partial charge < -0.3 is 15.7 Å². The lowest BCUT2D eigenvalue weighted by Gasteiger charge is -2.00. The summed E-state index contributed by atoms with van der Waals surface area (Å²) in [6, 6.07) is 13.8. The average Bonchev–Trinajstić information content (AvgIpc) is 3.32. The number of carbonyl (C=O) groups excluding carboxylic acids is 2. The number of aliphatic carboxylic acids is 1. The summed E-state index contributed by atoms with van der Waals surface area (Å²) in [5, 5.41) is 16.9. The van der Waals surface area contributed by atoms with Crippen LogP contribution in [0.1, 0.15) is 17.7 Å². The van der Waals surface area contributed by atoms with Crippen LogP contribution in [0.2, 0.25) is 0 Å². The van der Waals surface area contributed by atoms with Gasteiger partial charge >= 0.3 is 5.97 Å². The van der Waals surface area contributed by atoms with E-state index in [1.165, 1.54) is 29.3 Å². The molecule has 4 rings (SSSR count). The number of fused-ring (bicyclic) bond motifs is 1. The van der Waals surface area contributed by atoms with E-state index in [9.17, 15) is 14.4 Å². The summed E-state index contributed by atoms with van der Waals surface area (Å²) < 4.78 is 0. The minimum Gasteiger partial charge on any atom is -0.481 e. The summed E-state index contributed by atoms with van der Waals surface area (Å²) in [7, 11) is 0. The van der Waals surface area contributed by atoms with Gasteiger partial charge in [0, 0.05) is 12.6 Å². The van der Waals surface area contributed by atoms with Gasteiger partial charge in [-0.15, -0.1) is 0 Å². The van der Waals surface area contributed by atoms with Crippen LogP contribution in [0.3, 0.4) is 0 Å². The number of carboxylic acid groups (broad SMARTS) is 1. The Labute approximate surface area is 185 Å². The average molecular weight is 453 g/mol. The number of aliphatic imine (C=N–C) groups is 1. The molecular weight excluding hydrogens is 436 g/mol. The molecule has 156 valence electrons. The van der Waals surface area contributed by atoms with Crippen LogP contribution in [-0.2, 0) is 14.4 Å². The van der Waals surface area contributed by atoms with Gasteiger partial charge in [-0.2, -0.15) is 0 Å². The first-order chi connectivity index (χ1) is 15.0. The molecule has 0 aliphatic carbocycles. The van der Waals surface area contributed by atoms with E-state index < -0.39 is 11.9 Å². The molecule has 0 radical (unpaired) electrons. The summed E-state index contributed by atoms with van der Waals surface area (Å²) in [5.74, 6) is -1.72. The molecule has 2 aromatic carbocycles. The van der Waals surface area contributed by atoms with Gasteiger partial charge in [0.25, 0.3) is 5.91 Å². The van der Waals surface area contributed by atoms with Crippen molar-refractivity contribution in [1.29, 1.82) is 0 Å². The SMILES string of the molecule is O=C(O)CCC(=O)Nc1ncc(C=C2SC(=Nc3ccc4ccccc4c3)NC2=O)s1.